The standard InChI is InChI=1S/C14H27N/c1-2-3-4-11-5-7-12(8-6-11)14(15)13-9-10-13/h11-14H,2-10,15H2,1H3. The first-order valence-electron chi connectivity index (χ1n) is 7.06. The van der Waals surface area contributed by atoms with Crippen LogP contribution in [0.15, 0.2) is 0 Å². The van der Waals surface area contributed by atoms with Crippen molar-refractivity contribution in [3.05, 3.63) is 0 Å². The molecule has 1 nitrogen and oxygen atoms in total. The zero-order valence-corrected chi connectivity index (χ0v) is 10.3. The van der Waals surface area contributed by atoms with Crippen LogP contribution in [0.2, 0.25) is 0 Å². The molecule has 88 valence electrons. The van der Waals surface area contributed by atoms with Gasteiger partial charge in [-0.1, -0.05) is 39.0 Å². The molecule has 1 atom stereocenters. The van der Waals surface area contributed by atoms with Crippen molar-refractivity contribution < 1.29 is 0 Å². The van der Waals surface area contributed by atoms with Crippen molar-refractivity contribution in [2.45, 2.75) is 70.8 Å². The summed E-state index contributed by atoms with van der Waals surface area (Å²) in [6.45, 7) is 2.30. The van der Waals surface area contributed by atoms with Gasteiger partial charge in [-0.15, -0.1) is 0 Å². The lowest BCUT2D eigenvalue weighted by molar-refractivity contribution is 0.221. The molecule has 0 saturated heterocycles. The molecule has 2 saturated carbocycles. The summed E-state index contributed by atoms with van der Waals surface area (Å²) in [5.74, 6) is 2.81. The van der Waals surface area contributed by atoms with Gasteiger partial charge >= 0.3 is 0 Å². The molecule has 2 rings (SSSR count). The van der Waals surface area contributed by atoms with E-state index in [-0.39, 0.29) is 0 Å². The highest BCUT2D eigenvalue weighted by molar-refractivity contribution is 4.90. The second-order valence-electron chi connectivity index (χ2n) is 5.84. The maximum absolute atomic E-state index is 6.30. The quantitative estimate of drug-likeness (QED) is 0.733. The molecule has 2 aliphatic carbocycles. The minimum atomic E-state index is 0.553. The van der Waals surface area contributed by atoms with E-state index in [4.69, 9.17) is 5.73 Å². The minimum absolute atomic E-state index is 0.553. The van der Waals surface area contributed by atoms with Gasteiger partial charge in [-0.3, -0.25) is 0 Å². The summed E-state index contributed by atoms with van der Waals surface area (Å²) in [6, 6.07) is 0.553. The summed E-state index contributed by atoms with van der Waals surface area (Å²) < 4.78 is 0. The van der Waals surface area contributed by atoms with Crippen LogP contribution in [0.1, 0.15) is 64.7 Å². The van der Waals surface area contributed by atoms with Crippen LogP contribution in [0.25, 0.3) is 0 Å². The fourth-order valence-electron chi connectivity index (χ4n) is 3.22. The Morgan fingerprint density at radius 1 is 1.00 bits per heavy atom. The van der Waals surface area contributed by atoms with Gasteiger partial charge in [0, 0.05) is 6.04 Å². The summed E-state index contributed by atoms with van der Waals surface area (Å²) in [5, 5.41) is 0. The van der Waals surface area contributed by atoms with Crippen LogP contribution in [0.5, 0.6) is 0 Å². The van der Waals surface area contributed by atoms with Gasteiger partial charge in [-0.25, -0.2) is 0 Å². The number of nitrogens with two attached hydrogens (primary N) is 1. The Balaban J connectivity index is 1.67. The van der Waals surface area contributed by atoms with Crippen molar-refractivity contribution >= 4 is 0 Å². The maximum atomic E-state index is 6.30. The first kappa shape index (κ1) is 11.4. The van der Waals surface area contributed by atoms with Gasteiger partial charge in [0.15, 0.2) is 0 Å². The van der Waals surface area contributed by atoms with E-state index in [1.807, 2.05) is 0 Å². The predicted molar refractivity (Wildman–Crippen MR) is 65.7 cm³/mol. The Morgan fingerprint density at radius 3 is 2.00 bits per heavy atom. The van der Waals surface area contributed by atoms with Crippen LogP contribution in [0.3, 0.4) is 0 Å². The molecule has 0 spiro atoms. The summed E-state index contributed by atoms with van der Waals surface area (Å²) in [7, 11) is 0. The second kappa shape index (κ2) is 5.34. The minimum Gasteiger partial charge on any atom is -0.327 e. The van der Waals surface area contributed by atoms with Gasteiger partial charge in [-0.05, 0) is 43.4 Å². The van der Waals surface area contributed by atoms with Gasteiger partial charge in [0.1, 0.15) is 0 Å². The average Bonchev–Trinajstić information content (AvgIpc) is 3.10. The molecule has 0 bridgehead atoms. The molecule has 2 fully saturated rings. The van der Waals surface area contributed by atoms with Crippen molar-refractivity contribution in [2.75, 3.05) is 0 Å². The topological polar surface area (TPSA) is 26.0 Å². The number of unbranched alkanes of at least 4 members (excludes halogenated alkanes) is 1. The summed E-state index contributed by atoms with van der Waals surface area (Å²) in [4.78, 5) is 0. The third kappa shape index (κ3) is 3.21. The van der Waals surface area contributed by atoms with E-state index >= 15 is 0 Å². The molecule has 0 radical (unpaired) electrons. The largest absolute Gasteiger partial charge is 0.327 e. The van der Waals surface area contributed by atoms with Crippen molar-refractivity contribution in [2.24, 2.45) is 23.5 Å². The van der Waals surface area contributed by atoms with Crippen LogP contribution < -0.4 is 5.73 Å². The van der Waals surface area contributed by atoms with E-state index in [0.717, 1.165) is 17.8 Å². The first-order chi connectivity index (χ1) is 7.31. The lowest BCUT2D eigenvalue weighted by Gasteiger charge is -2.32. The highest BCUT2D eigenvalue weighted by Gasteiger charge is 2.35. The molecule has 15 heavy (non-hydrogen) atoms. The van der Waals surface area contributed by atoms with Crippen LogP contribution in [-0.2, 0) is 0 Å². The molecule has 1 heteroatoms. The van der Waals surface area contributed by atoms with Crippen LogP contribution in [0, 0.1) is 17.8 Å². The Morgan fingerprint density at radius 2 is 1.53 bits per heavy atom. The fourth-order valence-corrected chi connectivity index (χ4v) is 3.22. The zero-order valence-electron chi connectivity index (χ0n) is 10.3. The first-order valence-corrected chi connectivity index (χ1v) is 7.06. The monoisotopic (exact) mass is 209 g/mol. The van der Waals surface area contributed by atoms with E-state index in [9.17, 15) is 0 Å². The summed E-state index contributed by atoms with van der Waals surface area (Å²) in [6.07, 6.45) is 12.9. The number of hydrogen-bond donors (Lipinski definition) is 1. The van der Waals surface area contributed by atoms with E-state index in [2.05, 4.69) is 6.92 Å². The molecular formula is C14H27N. The molecule has 0 heterocycles. The number of hydrogen-bond acceptors (Lipinski definition) is 1. The van der Waals surface area contributed by atoms with Crippen LogP contribution >= 0.6 is 0 Å². The molecule has 0 aliphatic heterocycles. The highest BCUT2D eigenvalue weighted by Crippen LogP contribution is 2.41. The maximum Gasteiger partial charge on any atom is 0.00956 e. The summed E-state index contributed by atoms with van der Waals surface area (Å²) in [5.41, 5.74) is 6.30. The lowest BCUT2D eigenvalue weighted by atomic mass is 9.76. The van der Waals surface area contributed by atoms with Gasteiger partial charge < -0.3 is 5.73 Å². The highest BCUT2D eigenvalue weighted by atomic mass is 14.7. The second-order valence-corrected chi connectivity index (χ2v) is 5.84. The van der Waals surface area contributed by atoms with Crippen molar-refractivity contribution in [1.82, 2.24) is 0 Å². The molecule has 0 aromatic carbocycles. The van der Waals surface area contributed by atoms with Crippen molar-refractivity contribution in [1.29, 1.82) is 0 Å². The lowest BCUT2D eigenvalue weighted by Crippen LogP contribution is -2.34. The van der Waals surface area contributed by atoms with Crippen LogP contribution in [0.4, 0.5) is 0 Å². The van der Waals surface area contributed by atoms with E-state index in [1.165, 1.54) is 57.8 Å². The molecule has 2 N–H and O–H groups in total. The van der Waals surface area contributed by atoms with E-state index < -0.39 is 0 Å². The van der Waals surface area contributed by atoms with Gasteiger partial charge in [0.05, 0.1) is 0 Å². The van der Waals surface area contributed by atoms with Crippen molar-refractivity contribution in [3.63, 3.8) is 0 Å². The third-order valence-corrected chi connectivity index (χ3v) is 4.57. The molecular weight excluding hydrogens is 182 g/mol. The average molecular weight is 209 g/mol. The Kier molecular flexibility index (Phi) is 4.07. The van der Waals surface area contributed by atoms with E-state index in [0.29, 0.717) is 6.04 Å². The third-order valence-electron chi connectivity index (χ3n) is 4.57. The smallest absolute Gasteiger partial charge is 0.00956 e. The van der Waals surface area contributed by atoms with Gasteiger partial charge in [-0.2, -0.15) is 0 Å². The Hall–Kier alpha value is -0.0400. The van der Waals surface area contributed by atoms with E-state index in [1.54, 1.807) is 0 Å². The Bertz CT molecular complexity index is 178. The normalized spacial score (nSPS) is 34.0. The molecule has 1 unspecified atom stereocenters. The molecule has 0 aromatic rings. The zero-order chi connectivity index (χ0) is 10.7. The van der Waals surface area contributed by atoms with Gasteiger partial charge in [0.2, 0.25) is 0 Å². The number of rotatable bonds is 5. The SMILES string of the molecule is CCCCC1CCC(C(N)C2CC2)CC1. The molecule has 0 aromatic heterocycles. The molecule has 0 amide bonds. The van der Waals surface area contributed by atoms with Crippen LogP contribution in [-0.4, -0.2) is 6.04 Å². The summed E-state index contributed by atoms with van der Waals surface area (Å²) >= 11 is 0. The predicted octanol–water partition coefficient (Wildman–Crippen LogP) is 3.72. The fraction of sp³-hybridized carbons (Fsp3) is 1.00. The Labute approximate surface area is 94.8 Å². The van der Waals surface area contributed by atoms with Gasteiger partial charge in [0.25, 0.3) is 0 Å². The molecule has 2 aliphatic rings. The van der Waals surface area contributed by atoms with Crippen molar-refractivity contribution in [3.8, 4) is 0 Å².